The average molecular weight is 257 g/mol. The first kappa shape index (κ1) is 11.3. The zero-order valence-electron chi connectivity index (χ0n) is 9.88. The van der Waals surface area contributed by atoms with E-state index in [9.17, 15) is 0 Å². The predicted octanol–water partition coefficient (Wildman–Crippen LogP) is 3.92. The summed E-state index contributed by atoms with van der Waals surface area (Å²) in [7, 11) is 0. The molecule has 0 amide bonds. The average Bonchev–Trinajstić information content (AvgIpc) is 2.87. The molecule has 0 unspecified atom stereocenters. The Kier molecular flexibility index (Phi) is 3.03. The van der Waals surface area contributed by atoms with Crippen molar-refractivity contribution in [3.63, 3.8) is 0 Å². The third kappa shape index (κ3) is 2.24. The number of benzene rings is 2. The maximum atomic E-state index is 5.86. The second-order valence-electron chi connectivity index (χ2n) is 4.30. The first-order valence-corrected chi connectivity index (χ1v) is 6.33. The number of hydrogen-bond donors (Lipinski definition) is 0. The quantitative estimate of drug-likeness (QED) is 0.744. The molecule has 1 heterocycles. The lowest BCUT2D eigenvalue weighted by Crippen LogP contribution is -1.97. The van der Waals surface area contributed by atoms with Crippen LogP contribution in [0.15, 0.2) is 59.7 Å². The lowest BCUT2D eigenvalue weighted by Gasteiger charge is -2.04. The van der Waals surface area contributed by atoms with Crippen LogP contribution in [0.5, 0.6) is 0 Å². The molecule has 90 valence electrons. The van der Waals surface area contributed by atoms with Gasteiger partial charge in [0.25, 0.3) is 0 Å². The fourth-order valence-corrected chi connectivity index (χ4v) is 2.32. The minimum absolute atomic E-state index is 0.784. The van der Waals surface area contributed by atoms with E-state index in [2.05, 4.69) is 53.6 Å². The normalized spacial score (nSPS) is 14.7. The van der Waals surface area contributed by atoms with Crippen molar-refractivity contribution in [2.45, 2.75) is 6.42 Å². The molecular formula is C15H13ClN2. The zero-order chi connectivity index (χ0) is 12.4. The van der Waals surface area contributed by atoms with Crippen molar-refractivity contribution in [3.8, 4) is 11.1 Å². The molecule has 0 spiro atoms. The van der Waals surface area contributed by atoms with Gasteiger partial charge < -0.3 is 0 Å². The van der Waals surface area contributed by atoms with Crippen LogP contribution in [0.4, 0.5) is 0 Å². The van der Waals surface area contributed by atoms with Gasteiger partial charge in [-0.2, -0.15) is 5.10 Å². The summed E-state index contributed by atoms with van der Waals surface area (Å²) < 4.78 is 1.48. The fourth-order valence-electron chi connectivity index (χ4n) is 2.14. The van der Waals surface area contributed by atoms with E-state index < -0.39 is 0 Å². The highest BCUT2D eigenvalue weighted by atomic mass is 35.5. The van der Waals surface area contributed by atoms with Crippen LogP contribution < -0.4 is 0 Å². The first-order chi connectivity index (χ1) is 8.83. The van der Waals surface area contributed by atoms with E-state index in [1.807, 2.05) is 6.07 Å². The summed E-state index contributed by atoms with van der Waals surface area (Å²) in [5.41, 5.74) is 4.65. The van der Waals surface area contributed by atoms with Gasteiger partial charge in [-0.1, -0.05) is 48.5 Å². The van der Waals surface area contributed by atoms with Crippen LogP contribution in [0.2, 0.25) is 0 Å². The highest BCUT2D eigenvalue weighted by molar-refractivity contribution is 6.15. The number of nitrogens with zero attached hydrogens (tertiary/aromatic N) is 2. The van der Waals surface area contributed by atoms with Crippen molar-refractivity contribution >= 4 is 17.5 Å². The number of hydrazone groups is 1. The number of halogens is 1. The van der Waals surface area contributed by atoms with Gasteiger partial charge in [-0.25, -0.2) is 4.53 Å². The van der Waals surface area contributed by atoms with Crippen LogP contribution in [-0.2, 0) is 0 Å². The third-order valence-corrected chi connectivity index (χ3v) is 3.31. The molecule has 3 heteroatoms. The molecule has 0 aromatic heterocycles. The Hall–Kier alpha value is -1.80. The van der Waals surface area contributed by atoms with Gasteiger partial charge in [-0.3, -0.25) is 0 Å². The molecule has 0 N–H and O–H groups in total. The molecule has 2 aromatic rings. The van der Waals surface area contributed by atoms with Gasteiger partial charge in [0.1, 0.15) is 0 Å². The molecule has 0 bridgehead atoms. The molecule has 0 radical (unpaired) electrons. The first-order valence-electron chi connectivity index (χ1n) is 5.99. The van der Waals surface area contributed by atoms with Crippen molar-refractivity contribution in [2.24, 2.45) is 5.10 Å². The monoisotopic (exact) mass is 256 g/mol. The molecule has 0 atom stereocenters. The number of rotatable bonds is 2. The van der Waals surface area contributed by atoms with Crippen molar-refractivity contribution in [1.82, 2.24) is 4.53 Å². The molecule has 1 aliphatic heterocycles. The van der Waals surface area contributed by atoms with Crippen LogP contribution >= 0.6 is 11.8 Å². The molecule has 0 saturated carbocycles. The molecule has 2 aromatic carbocycles. The van der Waals surface area contributed by atoms with E-state index in [0.29, 0.717) is 0 Å². The second-order valence-corrected chi connectivity index (χ2v) is 4.69. The molecule has 1 aliphatic rings. The Bertz CT molecular complexity index is 578. The summed E-state index contributed by atoms with van der Waals surface area (Å²) in [6.07, 6.45) is 0.905. The Morgan fingerprint density at radius 1 is 0.889 bits per heavy atom. The summed E-state index contributed by atoms with van der Waals surface area (Å²) in [4.78, 5) is 0. The fraction of sp³-hybridized carbons (Fsp3) is 0.133. The maximum absolute atomic E-state index is 5.86. The van der Waals surface area contributed by atoms with E-state index in [1.165, 1.54) is 15.7 Å². The SMILES string of the molecule is ClN1CCC(c2cccc(-c3ccccc3)c2)=N1. The van der Waals surface area contributed by atoms with Gasteiger partial charge in [0, 0.05) is 18.2 Å². The van der Waals surface area contributed by atoms with Crippen molar-refractivity contribution in [1.29, 1.82) is 0 Å². The lowest BCUT2D eigenvalue weighted by atomic mass is 10.0. The van der Waals surface area contributed by atoms with Gasteiger partial charge in [0.2, 0.25) is 0 Å². The summed E-state index contributed by atoms with van der Waals surface area (Å²) >= 11 is 5.86. The smallest absolute Gasteiger partial charge is 0.0711 e. The van der Waals surface area contributed by atoms with E-state index >= 15 is 0 Å². The minimum Gasteiger partial charge on any atom is -0.205 e. The molecule has 18 heavy (non-hydrogen) atoms. The van der Waals surface area contributed by atoms with Gasteiger partial charge in [-0.15, -0.1) is 0 Å². The van der Waals surface area contributed by atoms with E-state index in [4.69, 9.17) is 11.8 Å². The summed E-state index contributed by atoms with van der Waals surface area (Å²) in [5, 5.41) is 4.31. The van der Waals surface area contributed by atoms with Crippen molar-refractivity contribution in [2.75, 3.05) is 6.54 Å². The molecule has 2 nitrogen and oxygen atoms in total. The summed E-state index contributed by atoms with van der Waals surface area (Å²) in [6.45, 7) is 0.784. The van der Waals surface area contributed by atoms with Crippen molar-refractivity contribution in [3.05, 3.63) is 60.2 Å². The van der Waals surface area contributed by atoms with Gasteiger partial charge in [0.05, 0.1) is 12.3 Å². The number of hydrogen-bond acceptors (Lipinski definition) is 2. The largest absolute Gasteiger partial charge is 0.205 e. The maximum Gasteiger partial charge on any atom is 0.0711 e. The van der Waals surface area contributed by atoms with E-state index in [-0.39, 0.29) is 0 Å². The van der Waals surface area contributed by atoms with Crippen LogP contribution in [0, 0.1) is 0 Å². The van der Waals surface area contributed by atoms with Crippen LogP contribution in [0.3, 0.4) is 0 Å². The Morgan fingerprint density at radius 2 is 1.61 bits per heavy atom. The minimum atomic E-state index is 0.784. The van der Waals surface area contributed by atoms with Crippen molar-refractivity contribution < 1.29 is 0 Å². The van der Waals surface area contributed by atoms with Gasteiger partial charge in [-0.05, 0) is 22.8 Å². The third-order valence-electron chi connectivity index (χ3n) is 3.07. The molecule has 0 fully saturated rings. The molecule has 3 rings (SSSR count). The lowest BCUT2D eigenvalue weighted by molar-refractivity contribution is 0.536. The van der Waals surface area contributed by atoms with E-state index in [0.717, 1.165) is 24.2 Å². The van der Waals surface area contributed by atoms with Crippen LogP contribution in [0.1, 0.15) is 12.0 Å². The highest BCUT2D eigenvalue weighted by Gasteiger charge is 2.14. The highest BCUT2D eigenvalue weighted by Crippen LogP contribution is 2.22. The zero-order valence-corrected chi connectivity index (χ0v) is 10.6. The molecular weight excluding hydrogens is 244 g/mol. The molecule has 0 saturated heterocycles. The van der Waals surface area contributed by atoms with E-state index in [1.54, 1.807) is 0 Å². The van der Waals surface area contributed by atoms with Gasteiger partial charge in [0.15, 0.2) is 0 Å². The Morgan fingerprint density at radius 3 is 2.33 bits per heavy atom. The topological polar surface area (TPSA) is 15.6 Å². The van der Waals surface area contributed by atoms with Gasteiger partial charge >= 0.3 is 0 Å². The standard InChI is InChI=1S/C15H13ClN2/c16-18-10-9-15(17-18)14-8-4-7-13(11-14)12-5-2-1-3-6-12/h1-8,11H,9-10H2. The van der Waals surface area contributed by atoms with Crippen LogP contribution in [-0.4, -0.2) is 16.8 Å². The van der Waals surface area contributed by atoms with Crippen LogP contribution in [0.25, 0.3) is 11.1 Å². The summed E-state index contributed by atoms with van der Waals surface area (Å²) in [6, 6.07) is 18.8. The Balaban J connectivity index is 1.97. The Labute approximate surface area is 112 Å². The molecule has 0 aliphatic carbocycles. The second kappa shape index (κ2) is 4.83. The predicted molar refractivity (Wildman–Crippen MR) is 75.6 cm³/mol. The summed E-state index contributed by atoms with van der Waals surface area (Å²) in [5.74, 6) is 0.